The lowest BCUT2D eigenvalue weighted by Gasteiger charge is -2.26. The van der Waals surface area contributed by atoms with Crippen molar-refractivity contribution in [2.75, 3.05) is 30.3 Å². The topological polar surface area (TPSA) is 62.4 Å². The molecule has 1 aliphatic carbocycles. The quantitative estimate of drug-likeness (QED) is 0.807. The molecule has 4 heteroatoms. The second-order valence-electron chi connectivity index (χ2n) is 5.44. The fraction of sp³-hybridized carbons (Fsp3) is 0.615. The van der Waals surface area contributed by atoms with Crippen molar-refractivity contribution in [1.82, 2.24) is 4.98 Å². The molecule has 0 spiro atoms. The number of hydrogen-bond acceptors (Lipinski definition) is 4. The number of nitrogen functional groups attached to an aromatic ring is 1. The largest absolute Gasteiger partial charge is 0.397 e. The summed E-state index contributed by atoms with van der Waals surface area (Å²) in [6, 6.07) is 3.86. The van der Waals surface area contributed by atoms with Crippen LogP contribution in [0.3, 0.4) is 0 Å². The maximum absolute atomic E-state index is 9.67. The first kappa shape index (κ1) is 10.8. The lowest BCUT2D eigenvalue weighted by atomic mass is 9.82. The summed E-state index contributed by atoms with van der Waals surface area (Å²) in [7, 11) is 0. The Morgan fingerprint density at radius 1 is 1.53 bits per heavy atom. The number of nitrogens with zero attached hydrogens (tertiary/aromatic N) is 2. The molecule has 1 saturated carbocycles. The molecule has 2 aliphatic rings. The van der Waals surface area contributed by atoms with E-state index in [0.29, 0.717) is 18.2 Å². The number of aliphatic hydroxyl groups is 1. The number of hydrogen-bond donors (Lipinski definition) is 2. The van der Waals surface area contributed by atoms with Crippen molar-refractivity contribution in [2.24, 2.45) is 11.3 Å². The average Bonchev–Trinajstić information content (AvgIpc) is 2.86. The summed E-state index contributed by atoms with van der Waals surface area (Å²) in [5.41, 5.74) is 6.48. The summed E-state index contributed by atoms with van der Waals surface area (Å²) in [6.07, 6.45) is 5.36. The van der Waals surface area contributed by atoms with Crippen molar-refractivity contribution >= 4 is 11.5 Å². The van der Waals surface area contributed by atoms with E-state index in [4.69, 9.17) is 5.73 Å². The van der Waals surface area contributed by atoms with Gasteiger partial charge in [-0.05, 0) is 30.9 Å². The fourth-order valence-corrected chi connectivity index (χ4v) is 3.43. The van der Waals surface area contributed by atoms with Crippen molar-refractivity contribution in [1.29, 1.82) is 0 Å². The number of nitrogens with two attached hydrogens (primary N) is 1. The molecular formula is C13H19N3O. The van der Waals surface area contributed by atoms with Crippen LogP contribution in [0.1, 0.15) is 19.3 Å². The minimum Gasteiger partial charge on any atom is -0.397 e. The highest BCUT2D eigenvalue weighted by atomic mass is 16.3. The summed E-state index contributed by atoms with van der Waals surface area (Å²) in [5, 5.41) is 9.67. The van der Waals surface area contributed by atoms with Crippen LogP contribution in [0.2, 0.25) is 0 Å². The van der Waals surface area contributed by atoms with Gasteiger partial charge in [0.15, 0.2) is 0 Å². The summed E-state index contributed by atoms with van der Waals surface area (Å²) in [4.78, 5) is 6.66. The fourth-order valence-electron chi connectivity index (χ4n) is 3.43. The molecule has 4 nitrogen and oxygen atoms in total. The van der Waals surface area contributed by atoms with Crippen molar-refractivity contribution in [3.63, 3.8) is 0 Å². The van der Waals surface area contributed by atoms with Gasteiger partial charge in [-0.15, -0.1) is 0 Å². The van der Waals surface area contributed by atoms with Crippen LogP contribution in [0, 0.1) is 11.3 Å². The molecule has 1 aromatic rings. The van der Waals surface area contributed by atoms with Crippen LogP contribution in [-0.2, 0) is 0 Å². The normalized spacial score (nSPS) is 31.8. The van der Waals surface area contributed by atoms with Gasteiger partial charge in [0.1, 0.15) is 5.82 Å². The number of pyridine rings is 1. The molecule has 2 atom stereocenters. The third-order valence-corrected chi connectivity index (χ3v) is 4.45. The predicted octanol–water partition coefficient (Wildman–Crippen LogP) is 1.26. The SMILES string of the molecule is Nc1ccc(N2CC3CCCC3(CO)C2)nc1. The molecule has 0 radical (unpaired) electrons. The minimum absolute atomic E-state index is 0.128. The summed E-state index contributed by atoms with van der Waals surface area (Å²) in [5.74, 6) is 1.62. The average molecular weight is 233 g/mol. The van der Waals surface area contributed by atoms with E-state index in [1.807, 2.05) is 12.1 Å². The molecule has 2 fully saturated rings. The number of aromatic nitrogens is 1. The zero-order valence-corrected chi connectivity index (χ0v) is 9.97. The van der Waals surface area contributed by atoms with E-state index >= 15 is 0 Å². The van der Waals surface area contributed by atoms with E-state index in [9.17, 15) is 5.11 Å². The molecular weight excluding hydrogens is 214 g/mol. The highest BCUT2D eigenvalue weighted by Gasteiger charge is 2.49. The number of aliphatic hydroxyl groups excluding tert-OH is 1. The molecule has 2 unspecified atom stereocenters. The molecule has 17 heavy (non-hydrogen) atoms. The van der Waals surface area contributed by atoms with Crippen LogP contribution in [0.4, 0.5) is 11.5 Å². The Labute approximate surface area is 101 Å². The molecule has 3 rings (SSSR count). The van der Waals surface area contributed by atoms with Gasteiger partial charge in [-0.1, -0.05) is 6.42 Å². The first-order valence-corrected chi connectivity index (χ1v) is 6.31. The second kappa shape index (κ2) is 3.88. The molecule has 0 bridgehead atoms. The standard InChI is InChI=1S/C13H19N3O/c14-11-3-4-12(15-6-11)16-7-10-2-1-5-13(10,8-16)9-17/h3-4,6,10,17H,1-2,5,7-9,14H2. The monoisotopic (exact) mass is 233 g/mol. The Balaban J connectivity index is 1.82. The van der Waals surface area contributed by atoms with Crippen LogP contribution in [0.15, 0.2) is 18.3 Å². The Hall–Kier alpha value is -1.29. The van der Waals surface area contributed by atoms with Crippen molar-refractivity contribution in [2.45, 2.75) is 19.3 Å². The maximum Gasteiger partial charge on any atom is 0.128 e. The van der Waals surface area contributed by atoms with Gasteiger partial charge in [0, 0.05) is 18.5 Å². The third kappa shape index (κ3) is 1.67. The molecule has 1 aliphatic heterocycles. The highest BCUT2D eigenvalue weighted by molar-refractivity contribution is 5.47. The number of anilines is 2. The Kier molecular flexibility index (Phi) is 2.47. The van der Waals surface area contributed by atoms with E-state index < -0.39 is 0 Å². The molecule has 3 N–H and O–H groups in total. The smallest absolute Gasteiger partial charge is 0.128 e. The van der Waals surface area contributed by atoms with Crippen LogP contribution in [0.5, 0.6) is 0 Å². The molecule has 1 saturated heterocycles. The van der Waals surface area contributed by atoms with E-state index in [2.05, 4.69) is 9.88 Å². The van der Waals surface area contributed by atoms with Crippen molar-refractivity contribution < 1.29 is 5.11 Å². The van der Waals surface area contributed by atoms with Crippen LogP contribution >= 0.6 is 0 Å². The highest BCUT2D eigenvalue weighted by Crippen LogP contribution is 2.48. The van der Waals surface area contributed by atoms with Gasteiger partial charge >= 0.3 is 0 Å². The van der Waals surface area contributed by atoms with E-state index in [0.717, 1.165) is 25.3 Å². The zero-order valence-electron chi connectivity index (χ0n) is 9.97. The summed E-state index contributed by atoms with van der Waals surface area (Å²) in [6.45, 7) is 2.27. The number of fused-ring (bicyclic) bond motifs is 1. The molecule has 0 amide bonds. The van der Waals surface area contributed by atoms with Crippen molar-refractivity contribution in [3.8, 4) is 0 Å². The number of rotatable bonds is 2. The zero-order chi connectivity index (χ0) is 11.9. The lowest BCUT2D eigenvalue weighted by Crippen LogP contribution is -2.31. The van der Waals surface area contributed by atoms with Crippen LogP contribution < -0.4 is 10.6 Å². The first-order chi connectivity index (χ1) is 8.23. The molecule has 2 heterocycles. The molecule has 1 aromatic heterocycles. The minimum atomic E-state index is 0.128. The van der Waals surface area contributed by atoms with Gasteiger partial charge < -0.3 is 15.7 Å². The summed E-state index contributed by atoms with van der Waals surface area (Å²) >= 11 is 0. The van der Waals surface area contributed by atoms with Gasteiger partial charge in [0.05, 0.1) is 18.5 Å². The van der Waals surface area contributed by atoms with Crippen LogP contribution in [-0.4, -0.2) is 29.8 Å². The lowest BCUT2D eigenvalue weighted by molar-refractivity contribution is 0.121. The second-order valence-corrected chi connectivity index (χ2v) is 5.44. The first-order valence-electron chi connectivity index (χ1n) is 6.31. The molecule has 0 aromatic carbocycles. The third-order valence-electron chi connectivity index (χ3n) is 4.45. The Bertz CT molecular complexity index is 406. The maximum atomic E-state index is 9.67. The van der Waals surface area contributed by atoms with E-state index in [1.54, 1.807) is 6.20 Å². The predicted molar refractivity (Wildman–Crippen MR) is 67.7 cm³/mol. The van der Waals surface area contributed by atoms with Crippen molar-refractivity contribution in [3.05, 3.63) is 18.3 Å². The Morgan fingerprint density at radius 2 is 2.41 bits per heavy atom. The van der Waals surface area contributed by atoms with Gasteiger partial charge in [-0.2, -0.15) is 0 Å². The summed E-state index contributed by atoms with van der Waals surface area (Å²) < 4.78 is 0. The van der Waals surface area contributed by atoms with Crippen LogP contribution in [0.25, 0.3) is 0 Å². The van der Waals surface area contributed by atoms with Gasteiger partial charge in [0.2, 0.25) is 0 Å². The van der Waals surface area contributed by atoms with Gasteiger partial charge in [-0.25, -0.2) is 4.98 Å². The van der Waals surface area contributed by atoms with E-state index in [1.165, 1.54) is 12.8 Å². The van der Waals surface area contributed by atoms with E-state index in [-0.39, 0.29) is 5.41 Å². The van der Waals surface area contributed by atoms with Gasteiger partial charge in [0.25, 0.3) is 0 Å². The van der Waals surface area contributed by atoms with Gasteiger partial charge in [-0.3, -0.25) is 0 Å². The Morgan fingerprint density at radius 3 is 3.06 bits per heavy atom. The molecule has 92 valence electrons.